The topological polar surface area (TPSA) is 85.4 Å². The highest BCUT2D eigenvalue weighted by atomic mass is 16.5. The molecule has 1 unspecified atom stereocenters. The van der Waals surface area contributed by atoms with E-state index in [-0.39, 0.29) is 11.9 Å². The van der Waals surface area contributed by atoms with Crippen LogP contribution in [0, 0.1) is 6.92 Å². The molecule has 24 heavy (non-hydrogen) atoms. The number of anilines is 1. The third-order valence-electron chi connectivity index (χ3n) is 3.55. The first-order chi connectivity index (χ1) is 11.7. The summed E-state index contributed by atoms with van der Waals surface area (Å²) in [5.41, 5.74) is 1.55. The number of nitrogens with zero attached hydrogens (tertiary/aromatic N) is 2. The van der Waals surface area contributed by atoms with Crippen LogP contribution in [0.2, 0.25) is 0 Å². The van der Waals surface area contributed by atoms with Gasteiger partial charge in [0.05, 0.1) is 13.2 Å². The minimum Gasteiger partial charge on any atom is -0.424 e. The van der Waals surface area contributed by atoms with Gasteiger partial charge >= 0.3 is 6.01 Å². The number of aromatic nitrogens is 2. The van der Waals surface area contributed by atoms with Gasteiger partial charge in [-0.25, -0.2) is 9.97 Å². The Kier molecular flexibility index (Phi) is 5.35. The van der Waals surface area contributed by atoms with Gasteiger partial charge in [-0.1, -0.05) is 0 Å². The van der Waals surface area contributed by atoms with Crippen LogP contribution in [0.15, 0.2) is 36.5 Å². The number of hydrogen-bond donors (Lipinski definition) is 2. The summed E-state index contributed by atoms with van der Waals surface area (Å²) < 4.78 is 10.9. The Balaban J connectivity index is 1.53. The van der Waals surface area contributed by atoms with Crippen LogP contribution < -0.4 is 15.4 Å². The molecule has 1 atom stereocenters. The molecule has 1 aliphatic rings. The van der Waals surface area contributed by atoms with Gasteiger partial charge < -0.3 is 20.1 Å². The van der Waals surface area contributed by atoms with Crippen LogP contribution in [0.5, 0.6) is 11.8 Å². The maximum atomic E-state index is 12.0. The number of rotatable bonds is 5. The molecule has 0 aliphatic carbocycles. The molecule has 1 aliphatic heterocycles. The van der Waals surface area contributed by atoms with Crippen LogP contribution in [0.3, 0.4) is 0 Å². The van der Waals surface area contributed by atoms with Crippen molar-refractivity contribution in [3.8, 4) is 11.8 Å². The van der Waals surface area contributed by atoms with Crippen LogP contribution in [-0.4, -0.2) is 41.7 Å². The SMILES string of the molecule is Cc1ccnc(Oc2ccc(NC(=O)CC3COCCN3)cc2)n1. The van der Waals surface area contributed by atoms with Crippen molar-refractivity contribution in [2.24, 2.45) is 0 Å². The quantitative estimate of drug-likeness (QED) is 0.872. The summed E-state index contributed by atoms with van der Waals surface area (Å²) in [6.07, 6.45) is 2.03. The lowest BCUT2D eigenvalue weighted by atomic mass is 10.2. The molecule has 2 heterocycles. The summed E-state index contributed by atoms with van der Waals surface area (Å²) in [7, 11) is 0. The third-order valence-corrected chi connectivity index (χ3v) is 3.55. The Morgan fingerprint density at radius 3 is 2.92 bits per heavy atom. The van der Waals surface area contributed by atoms with Crippen LogP contribution in [0.25, 0.3) is 0 Å². The van der Waals surface area contributed by atoms with Crippen molar-refractivity contribution in [3.05, 3.63) is 42.2 Å². The lowest BCUT2D eigenvalue weighted by molar-refractivity contribution is -0.117. The van der Waals surface area contributed by atoms with E-state index in [9.17, 15) is 4.79 Å². The first kappa shape index (κ1) is 16.4. The van der Waals surface area contributed by atoms with Gasteiger partial charge in [0, 0.05) is 36.6 Å². The van der Waals surface area contributed by atoms with Crippen molar-refractivity contribution in [3.63, 3.8) is 0 Å². The molecule has 1 amide bonds. The second-order valence-electron chi connectivity index (χ2n) is 5.59. The molecule has 0 radical (unpaired) electrons. The molecule has 1 fully saturated rings. The summed E-state index contributed by atoms with van der Waals surface area (Å²) in [5, 5.41) is 6.13. The number of morpholine rings is 1. The molecule has 126 valence electrons. The Morgan fingerprint density at radius 1 is 1.38 bits per heavy atom. The third kappa shape index (κ3) is 4.74. The Morgan fingerprint density at radius 2 is 2.21 bits per heavy atom. The molecule has 2 N–H and O–H groups in total. The molecule has 7 heteroatoms. The second kappa shape index (κ2) is 7.85. The van der Waals surface area contributed by atoms with Crippen molar-refractivity contribution < 1.29 is 14.3 Å². The molecular weight excluding hydrogens is 308 g/mol. The van der Waals surface area contributed by atoms with Crippen molar-refractivity contribution in [1.82, 2.24) is 15.3 Å². The standard InChI is InChI=1S/C17H20N4O3/c1-12-6-7-19-17(20-12)24-15-4-2-13(3-5-15)21-16(22)10-14-11-23-9-8-18-14/h2-7,14,18H,8-11H2,1H3,(H,21,22). The van der Waals surface area contributed by atoms with Crippen molar-refractivity contribution >= 4 is 11.6 Å². The molecule has 1 aromatic carbocycles. The van der Waals surface area contributed by atoms with Gasteiger partial charge in [-0.05, 0) is 37.3 Å². The lowest BCUT2D eigenvalue weighted by Gasteiger charge is -2.23. The molecule has 7 nitrogen and oxygen atoms in total. The van der Waals surface area contributed by atoms with E-state index in [4.69, 9.17) is 9.47 Å². The van der Waals surface area contributed by atoms with Gasteiger partial charge in [0.1, 0.15) is 5.75 Å². The number of aryl methyl sites for hydroxylation is 1. The molecule has 0 bridgehead atoms. The minimum absolute atomic E-state index is 0.0475. The van der Waals surface area contributed by atoms with Gasteiger partial charge in [0.25, 0.3) is 0 Å². The molecule has 0 spiro atoms. The summed E-state index contributed by atoms with van der Waals surface area (Å²) in [4.78, 5) is 20.3. The fourth-order valence-electron chi connectivity index (χ4n) is 2.37. The van der Waals surface area contributed by atoms with Gasteiger partial charge in [0.2, 0.25) is 5.91 Å². The minimum atomic E-state index is -0.0475. The predicted molar refractivity (Wildman–Crippen MR) is 89.1 cm³/mol. The monoisotopic (exact) mass is 328 g/mol. The zero-order valence-corrected chi connectivity index (χ0v) is 13.5. The molecular formula is C17H20N4O3. The van der Waals surface area contributed by atoms with Crippen molar-refractivity contribution in [1.29, 1.82) is 0 Å². The maximum Gasteiger partial charge on any atom is 0.322 e. The lowest BCUT2D eigenvalue weighted by Crippen LogP contribution is -2.43. The normalized spacial score (nSPS) is 17.3. The Labute approximate surface area is 140 Å². The highest BCUT2D eigenvalue weighted by molar-refractivity contribution is 5.91. The number of hydrogen-bond acceptors (Lipinski definition) is 6. The largest absolute Gasteiger partial charge is 0.424 e. The van der Waals surface area contributed by atoms with Gasteiger partial charge in [-0.2, -0.15) is 0 Å². The number of benzene rings is 1. The summed E-state index contributed by atoms with van der Waals surface area (Å²) in [6, 6.07) is 9.28. The number of nitrogens with one attached hydrogen (secondary N) is 2. The van der Waals surface area contributed by atoms with Crippen molar-refractivity contribution in [2.75, 3.05) is 25.1 Å². The first-order valence-corrected chi connectivity index (χ1v) is 7.87. The first-order valence-electron chi connectivity index (χ1n) is 7.87. The number of ether oxygens (including phenoxy) is 2. The van der Waals surface area contributed by atoms with E-state index in [1.807, 2.05) is 6.92 Å². The molecule has 1 aromatic heterocycles. The summed E-state index contributed by atoms with van der Waals surface area (Å²) >= 11 is 0. The number of carbonyl (C=O) groups is 1. The van der Waals surface area contributed by atoms with E-state index in [1.165, 1.54) is 0 Å². The van der Waals surface area contributed by atoms with Crippen LogP contribution >= 0.6 is 0 Å². The van der Waals surface area contributed by atoms with Crippen molar-refractivity contribution in [2.45, 2.75) is 19.4 Å². The van der Waals surface area contributed by atoms with Gasteiger partial charge in [-0.3, -0.25) is 4.79 Å². The highest BCUT2D eigenvalue weighted by Gasteiger charge is 2.16. The highest BCUT2D eigenvalue weighted by Crippen LogP contribution is 2.20. The smallest absolute Gasteiger partial charge is 0.322 e. The van der Waals surface area contributed by atoms with E-state index >= 15 is 0 Å². The Bertz CT molecular complexity index is 684. The van der Waals surface area contributed by atoms with E-state index in [0.29, 0.717) is 37.1 Å². The molecule has 2 aromatic rings. The van der Waals surface area contributed by atoms with Gasteiger partial charge in [0.15, 0.2) is 0 Å². The van der Waals surface area contributed by atoms with E-state index in [1.54, 1.807) is 36.5 Å². The van der Waals surface area contributed by atoms with E-state index < -0.39 is 0 Å². The predicted octanol–water partition coefficient (Wildman–Crippen LogP) is 1.89. The fraction of sp³-hybridized carbons (Fsp3) is 0.353. The molecule has 3 rings (SSSR count). The maximum absolute atomic E-state index is 12.0. The average molecular weight is 328 g/mol. The van der Waals surface area contributed by atoms with Crippen LogP contribution in [0.4, 0.5) is 5.69 Å². The van der Waals surface area contributed by atoms with Crippen LogP contribution in [-0.2, 0) is 9.53 Å². The van der Waals surface area contributed by atoms with Gasteiger partial charge in [-0.15, -0.1) is 0 Å². The fourth-order valence-corrected chi connectivity index (χ4v) is 2.37. The molecule has 0 saturated carbocycles. The zero-order chi connectivity index (χ0) is 16.8. The number of carbonyl (C=O) groups excluding carboxylic acids is 1. The second-order valence-corrected chi connectivity index (χ2v) is 5.59. The average Bonchev–Trinajstić information content (AvgIpc) is 2.57. The zero-order valence-electron chi connectivity index (χ0n) is 13.5. The van der Waals surface area contributed by atoms with E-state index in [2.05, 4.69) is 20.6 Å². The summed E-state index contributed by atoms with van der Waals surface area (Å²) in [5.74, 6) is 0.564. The van der Waals surface area contributed by atoms with Crippen LogP contribution in [0.1, 0.15) is 12.1 Å². The van der Waals surface area contributed by atoms with E-state index in [0.717, 1.165) is 12.2 Å². The Hall–Kier alpha value is -2.51. The summed E-state index contributed by atoms with van der Waals surface area (Å²) in [6.45, 7) is 3.92. The molecule has 1 saturated heterocycles. The number of amides is 1.